The molecule has 11 heteroatoms. The third-order valence-electron chi connectivity index (χ3n) is 8.05. The Balaban J connectivity index is 1.31. The van der Waals surface area contributed by atoms with Crippen LogP contribution in [0.25, 0.3) is 16.6 Å². The number of aromatic nitrogens is 2. The van der Waals surface area contributed by atoms with Crippen LogP contribution in [0, 0.1) is 0 Å². The Kier molecular flexibility index (Phi) is 10.3. The van der Waals surface area contributed by atoms with E-state index >= 15 is 0 Å². The number of nitrogens with zero attached hydrogens (tertiary/aromatic N) is 6. The Morgan fingerprint density at radius 2 is 1.74 bits per heavy atom. The van der Waals surface area contributed by atoms with Gasteiger partial charge in [0.15, 0.2) is 0 Å². The number of ether oxygens (including phenoxy) is 3. The summed E-state index contributed by atoms with van der Waals surface area (Å²) < 4.78 is 16.7. The number of carbonyl (C=O) groups is 1. The topological polar surface area (TPSA) is 105 Å². The molecule has 2 aliphatic heterocycles. The Bertz CT molecular complexity index is 1550. The van der Waals surface area contributed by atoms with Crippen LogP contribution < -0.4 is 19.7 Å². The molecule has 1 fully saturated rings. The number of anilines is 2. The number of benzene rings is 2. The molecule has 0 unspecified atom stereocenters. The molecule has 1 saturated heterocycles. The van der Waals surface area contributed by atoms with Crippen molar-refractivity contribution >= 4 is 40.3 Å². The number of rotatable bonds is 10. The van der Waals surface area contributed by atoms with Gasteiger partial charge < -0.3 is 29.3 Å². The predicted octanol–water partition coefficient (Wildman–Crippen LogP) is 5.87. The van der Waals surface area contributed by atoms with Crippen LogP contribution in [-0.4, -0.2) is 96.8 Å². The van der Waals surface area contributed by atoms with Crippen molar-refractivity contribution in [1.29, 1.82) is 0 Å². The predicted molar refractivity (Wildman–Crippen MR) is 183 cm³/mol. The lowest BCUT2D eigenvalue weighted by molar-refractivity contribution is 0.0150. The van der Waals surface area contributed by atoms with Gasteiger partial charge in [-0.25, -0.2) is 9.78 Å². The van der Waals surface area contributed by atoms with Gasteiger partial charge in [0, 0.05) is 67.4 Å². The molecular weight excluding hydrogens is 582 g/mol. The molecule has 0 bridgehead atoms. The first-order valence-electron chi connectivity index (χ1n) is 16.0. The molecule has 0 aliphatic carbocycles. The molecule has 1 N–H and O–H groups in total. The van der Waals surface area contributed by atoms with Gasteiger partial charge in [-0.2, -0.15) is 5.10 Å². The van der Waals surface area contributed by atoms with Crippen LogP contribution in [0.15, 0.2) is 53.8 Å². The van der Waals surface area contributed by atoms with Crippen molar-refractivity contribution in [3.63, 3.8) is 0 Å². The molecule has 3 heterocycles. The molecule has 2 aliphatic rings. The molecule has 0 saturated carbocycles. The van der Waals surface area contributed by atoms with Crippen LogP contribution in [0.3, 0.4) is 0 Å². The first-order valence-corrected chi connectivity index (χ1v) is 16.0. The van der Waals surface area contributed by atoms with E-state index in [9.17, 15) is 4.79 Å². The molecule has 3 aromatic rings. The number of likely N-dealkylation sites (tertiary alicyclic amines) is 1. The van der Waals surface area contributed by atoms with Gasteiger partial charge in [-0.05, 0) is 51.8 Å². The lowest BCUT2D eigenvalue weighted by Gasteiger charge is -2.38. The van der Waals surface area contributed by atoms with Gasteiger partial charge in [-0.1, -0.05) is 19.9 Å². The summed E-state index contributed by atoms with van der Waals surface area (Å²) in [5, 5.41) is 10.4. The summed E-state index contributed by atoms with van der Waals surface area (Å²) in [6.45, 7) is 13.5. The van der Waals surface area contributed by atoms with Crippen molar-refractivity contribution in [2.24, 2.45) is 5.10 Å². The second-order valence-corrected chi connectivity index (χ2v) is 13.0. The standard InChI is InChI=1S/C35H47N7O4/c1-24(2)36-13-17-41(28-18-29(44-6)21-30(19-28)45-7)27-8-9-31-32(20-27)39-33(23-37-31)25-10-16-42(38-22-25)26-11-14-40(15-12-26)34(43)46-35(3,4)5/h8-10,18-24,26,36H,11-17H2,1-7H3. The molecular formula is C35H47N7O4. The van der Waals surface area contributed by atoms with Gasteiger partial charge in [0.05, 0.1) is 55.9 Å². The Labute approximate surface area is 272 Å². The van der Waals surface area contributed by atoms with E-state index < -0.39 is 5.60 Å². The lowest BCUT2D eigenvalue weighted by atomic mass is 10.0. The van der Waals surface area contributed by atoms with E-state index in [1.165, 1.54) is 0 Å². The van der Waals surface area contributed by atoms with Crippen molar-refractivity contribution in [3.05, 3.63) is 54.4 Å². The summed E-state index contributed by atoms with van der Waals surface area (Å²) in [5.41, 5.74) is 4.81. The molecule has 5 rings (SSSR count). The van der Waals surface area contributed by atoms with E-state index in [4.69, 9.17) is 29.3 Å². The maximum atomic E-state index is 12.5. The molecule has 0 radical (unpaired) electrons. The molecule has 1 aromatic heterocycles. The van der Waals surface area contributed by atoms with E-state index in [2.05, 4.69) is 47.3 Å². The summed E-state index contributed by atoms with van der Waals surface area (Å²) in [6.07, 6.45) is 7.29. The third-order valence-corrected chi connectivity index (χ3v) is 8.05. The molecule has 1 amide bonds. The van der Waals surface area contributed by atoms with E-state index in [0.717, 1.165) is 71.1 Å². The average Bonchev–Trinajstić information content (AvgIpc) is 3.05. The third kappa shape index (κ3) is 8.25. The van der Waals surface area contributed by atoms with Crippen LogP contribution in [0.1, 0.15) is 53.2 Å². The van der Waals surface area contributed by atoms with E-state index in [-0.39, 0.29) is 12.1 Å². The fourth-order valence-corrected chi connectivity index (χ4v) is 5.64. The van der Waals surface area contributed by atoms with Crippen molar-refractivity contribution in [2.75, 3.05) is 51.8 Å². The maximum Gasteiger partial charge on any atom is 0.410 e. The highest BCUT2D eigenvalue weighted by Gasteiger charge is 2.29. The van der Waals surface area contributed by atoms with Gasteiger partial charge in [0.25, 0.3) is 0 Å². The summed E-state index contributed by atoms with van der Waals surface area (Å²) in [7, 11) is 3.32. The minimum Gasteiger partial charge on any atom is -0.497 e. The lowest BCUT2D eigenvalue weighted by Crippen LogP contribution is -2.47. The number of carbonyl (C=O) groups excluding carboxylic acids is 1. The Morgan fingerprint density at radius 3 is 2.35 bits per heavy atom. The second kappa shape index (κ2) is 14.4. The first kappa shape index (κ1) is 33.0. The zero-order valence-electron chi connectivity index (χ0n) is 28.1. The number of fused-ring (bicyclic) bond motifs is 1. The van der Waals surface area contributed by atoms with Crippen LogP contribution in [0.4, 0.5) is 16.2 Å². The molecule has 11 nitrogen and oxygen atoms in total. The second-order valence-electron chi connectivity index (χ2n) is 13.0. The molecule has 2 aromatic carbocycles. The van der Waals surface area contributed by atoms with Gasteiger partial charge in [-0.15, -0.1) is 0 Å². The van der Waals surface area contributed by atoms with Crippen molar-refractivity contribution in [1.82, 2.24) is 25.2 Å². The first-order chi connectivity index (χ1) is 22.0. The van der Waals surface area contributed by atoms with Gasteiger partial charge >= 0.3 is 6.09 Å². The highest BCUT2D eigenvalue weighted by Crippen LogP contribution is 2.34. The summed E-state index contributed by atoms with van der Waals surface area (Å²) in [5.74, 6) is 1.45. The minimum atomic E-state index is -0.492. The number of nitrogens with one attached hydrogen (secondary N) is 1. The Hall–Kier alpha value is -4.38. The molecule has 46 heavy (non-hydrogen) atoms. The number of methoxy groups -OCH3 is 2. The largest absolute Gasteiger partial charge is 0.497 e. The fraction of sp³-hybridized carbons (Fsp3) is 0.486. The summed E-state index contributed by atoms with van der Waals surface area (Å²) in [4.78, 5) is 26.2. The summed E-state index contributed by atoms with van der Waals surface area (Å²) >= 11 is 0. The minimum absolute atomic E-state index is 0.244. The molecule has 0 spiro atoms. The highest BCUT2D eigenvalue weighted by molar-refractivity contribution is 6.09. The number of piperidine rings is 1. The van der Waals surface area contributed by atoms with Crippen LogP contribution in [-0.2, 0) is 4.74 Å². The number of hydrogen-bond donors (Lipinski definition) is 1. The average molecular weight is 630 g/mol. The zero-order valence-corrected chi connectivity index (χ0v) is 28.1. The van der Waals surface area contributed by atoms with E-state index in [1.807, 2.05) is 57.4 Å². The number of hydrazone groups is 1. The fourth-order valence-electron chi connectivity index (χ4n) is 5.64. The quantitative estimate of drug-likeness (QED) is 0.295. The zero-order chi connectivity index (χ0) is 32.8. The van der Waals surface area contributed by atoms with E-state index in [1.54, 1.807) is 19.1 Å². The normalized spacial score (nSPS) is 15.7. The molecule has 246 valence electrons. The monoisotopic (exact) mass is 629 g/mol. The SMILES string of the molecule is COc1cc(OC)cc(N(CCNC(C)C)c2ccc3ncc(C4=CCN(C5CCN(C(=O)OC(C)(C)C)CC5)N=C4)nc3c2)c1. The Morgan fingerprint density at radius 1 is 1.02 bits per heavy atom. The van der Waals surface area contributed by atoms with Gasteiger partial charge in [-0.3, -0.25) is 9.99 Å². The van der Waals surface area contributed by atoms with Crippen molar-refractivity contribution < 1.29 is 19.0 Å². The maximum absolute atomic E-state index is 12.5. The van der Waals surface area contributed by atoms with E-state index in [0.29, 0.717) is 25.7 Å². The van der Waals surface area contributed by atoms with Gasteiger partial charge in [0.1, 0.15) is 17.1 Å². The number of hydrogen-bond acceptors (Lipinski definition) is 10. The van der Waals surface area contributed by atoms with Gasteiger partial charge in [0.2, 0.25) is 0 Å². The number of allylic oxidation sites excluding steroid dienone is 1. The van der Waals surface area contributed by atoms with Crippen LogP contribution in [0.2, 0.25) is 0 Å². The van der Waals surface area contributed by atoms with Crippen molar-refractivity contribution in [3.8, 4) is 11.5 Å². The van der Waals surface area contributed by atoms with Crippen molar-refractivity contribution in [2.45, 2.75) is 65.1 Å². The highest BCUT2D eigenvalue weighted by atomic mass is 16.6. The summed E-state index contributed by atoms with van der Waals surface area (Å²) in [6, 6.07) is 12.7. The van der Waals surface area contributed by atoms with Crippen LogP contribution >= 0.6 is 0 Å². The molecule has 0 atom stereocenters. The smallest absolute Gasteiger partial charge is 0.410 e. The number of amides is 1. The van der Waals surface area contributed by atoms with Crippen LogP contribution in [0.5, 0.6) is 11.5 Å².